The largest absolute Gasteiger partial charge is 0.492 e. The number of para-hydroxylation sites is 1. The summed E-state index contributed by atoms with van der Waals surface area (Å²) in [7, 11) is 0. The first-order chi connectivity index (χ1) is 12.7. The molecule has 1 saturated heterocycles. The van der Waals surface area contributed by atoms with E-state index >= 15 is 0 Å². The molecule has 4 nitrogen and oxygen atoms in total. The zero-order chi connectivity index (χ0) is 18.4. The summed E-state index contributed by atoms with van der Waals surface area (Å²) in [4.78, 5) is 14.5. The predicted molar refractivity (Wildman–Crippen MR) is 112 cm³/mol. The number of halogens is 2. The second-order valence-corrected chi connectivity index (χ2v) is 7.10. The van der Waals surface area contributed by atoms with Crippen LogP contribution in [0.25, 0.3) is 0 Å². The van der Waals surface area contributed by atoms with Crippen molar-refractivity contribution in [2.24, 2.45) is 11.7 Å². The van der Waals surface area contributed by atoms with Gasteiger partial charge in [-0.05, 0) is 36.6 Å². The third-order valence-electron chi connectivity index (χ3n) is 4.95. The SMILES string of the molecule is Cl.NC[C@@H]1CN(C(=O)CCCOc2ccccc2Cl)C[C@H]1c1ccccc1. The van der Waals surface area contributed by atoms with Crippen molar-refractivity contribution < 1.29 is 9.53 Å². The molecule has 2 N–H and O–H groups in total. The number of nitrogens with two attached hydrogens (primary N) is 1. The van der Waals surface area contributed by atoms with Crippen molar-refractivity contribution in [3.05, 3.63) is 65.2 Å². The zero-order valence-corrected chi connectivity index (χ0v) is 16.8. The summed E-state index contributed by atoms with van der Waals surface area (Å²) >= 11 is 6.06. The molecule has 1 aliphatic heterocycles. The summed E-state index contributed by atoms with van der Waals surface area (Å²) in [6, 6.07) is 17.7. The minimum atomic E-state index is 0. The molecule has 2 atom stereocenters. The molecule has 6 heteroatoms. The van der Waals surface area contributed by atoms with Gasteiger partial charge in [-0.1, -0.05) is 54.1 Å². The molecule has 0 bridgehead atoms. The normalized spacial score (nSPS) is 18.8. The molecule has 0 saturated carbocycles. The van der Waals surface area contributed by atoms with Crippen molar-refractivity contribution in [2.45, 2.75) is 18.8 Å². The smallest absolute Gasteiger partial charge is 0.222 e. The number of ether oxygens (including phenoxy) is 1. The Kier molecular flexibility index (Phi) is 8.42. The van der Waals surface area contributed by atoms with Crippen molar-refractivity contribution in [2.75, 3.05) is 26.2 Å². The van der Waals surface area contributed by atoms with Crippen LogP contribution in [0, 0.1) is 5.92 Å². The van der Waals surface area contributed by atoms with E-state index in [0.717, 1.165) is 13.1 Å². The number of hydrogen-bond acceptors (Lipinski definition) is 3. The lowest BCUT2D eigenvalue weighted by atomic mass is 9.89. The predicted octanol–water partition coefficient (Wildman–Crippen LogP) is 4.12. The number of rotatable bonds is 7. The number of carbonyl (C=O) groups is 1. The lowest BCUT2D eigenvalue weighted by Gasteiger charge is -2.17. The van der Waals surface area contributed by atoms with Crippen LogP contribution in [0.2, 0.25) is 5.02 Å². The molecule has 0 aromatic heterocycles. The standard InChI is InChI=1S/C21H25ClN2O2.ClH/c22-19-9-4-5-10-20(19)26-12-6-11-21(25)24-14-17(13-23)18(15-24)16-7-2-1-3-8-16;/h1-5,7-10,17-18H,6,11-15,23H2;1H/t17-,18+;/m1./s1. The Hall–Kier alpha value is -1.75. The van der Waals surface area contributed by atoms with Gasteiger partial charge in [0.15, 0.2) is 0 Å². The van der Waals surface area contributed by atoms with Gasteiger partial charge in [0.1, 0.15) is 5.75 Å². The van der Waals surface area contributed by atoms with Crippen LogP contribution >= 0.6 is 24.0 Å². The number of hydrogen-bond donors (Lipinski definition) is 1. The van der Waals surface area contributed by atoms with Crippen LogP contribution in [-0.4, -0.2) is 37.0 Å². The fourth-order valence-corrected chi connectivity index (χ4v) is 3.71. The first-order valence-electron chi connectivity index (χ1n) is 9.09. The van der Waals surface area contributed by atoms with E-state index < -0.39 is 0 Å². The molecule has 1 heterocycles. The summed E-state index contributed by atoms with van der Waals surface area (Å²) in [6.45, 7) is 2.56. The molecular weight excluding hydrogens is 383 g/mol. The Balaban J connectivity index is 0.00000261. The number of likely N-dealkylation sites (tertiary alicyclic amines) is 1. The van der Waals surface area contributed by atoms with Crippen molar-refractivity contribution in [1.82, 2.24) is 4.90 Å². The fraction of sp³-hybridized carbons (Fsp3) is 0.381. The van der Waals surface area contributed by atoms with E-state index in [9.17, 15) is 4.79 Å². The number of nitrogens with zero attached hydrogens (tertiary/aromatic N) is 1. The van der Waals surface area contributed by atoms with Crippen molar-refractivity contribution >= 4 is 29.9 Å². The monoisotopic (exact) mass is 408 g/mol. The van der Waals surface area contributed by atoms with E-state index in [1.165, 1.54) is 5.56 Å². The van der Waals surface area contributed by atoms with Gasteiger partial charge >= 0.3 is 0 Å². The Morgan fingerprint density at radius 2 is 1.81 bits per heavy atom. The topological polar surface area (TPSA) is 55.6 Å². The molecular formula is C21H26Cl2N2O2. The maximum atomic E-state index is 12.6. The second kappa shape index (κ2) is 10.5. The molecule has 1 aliphatic rings. The van der Waals surface area contributed by atoms with E-state index in [0.29, 0.717) is 48.6 Å². The van der Waals surface area contributed by atoms with Gasteiger partial charge in [0.05, 0.1) is 11.6 Å². The number of amides is 1. The molecule has 0 spiro atoms. The van der Waals surface area contributed by atoms with Gasteiger partial charge in [-0.3, -0.25) is 4.79 Å². The minimum absolute atomic E-state index is 0. The quantitative estimate of drug-likeness (QED) is 0.700. The molecule has 2 aromatic carbocycles. The Bertz CT molecular complexity index is 727. The summed E-state index contributed by atoms with van der Waals surface area (Å²) in [6.07, 6.45) is 1.15. The van der Waals surface area contributed by atoms with E-state index in [1.807, 2.05) is 41.3 Å². The highest BCUT2D eigenvalue weighted by atomic mass is 35.5. The summed E-state index contributed by atoms with van der Waals surface area (Å²) in [5.74, 6) is 1.48. The van der Waals surface area contributed by atoms with Crippen LogP contribution < -0.4 is 10.5 Å². The van der Waals surface area contributed by atoms with Crippen molar-refractivity contribution in [1.29, 1.82) is 0 Å². The summed E-state index contributed by atoms with van der Waals surface area (Å²) in [5.41, 5.74) is 7.22. The third kappa shape index (κ3) is 5.61. The van der Waals surface area contributed by atoms with Gasteiger partial charge in [0, 0.05) is 25.4 Å². The highest BCUT2D eigenvalue weighted by Crippen LogP contribution is 2.32. The highest BCUT2D eigenvalue weighted by molar-refractivity contribution is 6.32. The van der Waals surface area contributed by atoms with Gasteiger partial charge in [-0.2, -0.15) is 0 Å². The van der Waals surface area contributed by atoms with Gasteiger partial charge in [-0.15, -0.1) is 12.4 Å². The molecule has 0 radical (unpaired) electrons. The summed E-state index contributed by atoms with van der Waals surface area (Å²) < 4.78 is 5.66. The van der Waals surface area contributed by atoms with E-state index in [1.54, 1.807) is 6.07 Å². The average Bonchev–Trinajstić information content (AvgIpc) is 3.11. The molecule has 1 fully saturated rings. The van der Waals surface area contributed by atoms with Gasteiger partial charge in [0.25, 0.3) is 0 Å². The molecule has 146 valence electrons. The molecule has 27 heavy (non-hydrogen) atoms. The van der Waals surface area contributed by atoms with E-state index in [2.05, 4.69) is 12.1 Å². The van der Waals surface area contributed by atoms with Gasteiger partial charge in [0.2, 0.25) is 5.91 Å². The molecule has 3 rings (SSSR count). The summed E-state index contributed by atoms with van der Waals surface area (Å²) in [5, 5.41) is 0.592. The van der Waals surface area contributed by atoms with Crippen LogP contribution in [0.1, 0.15) is 24.3 Å². The van der Waals surface area contributed by atoms with E-state index in [4.69, 9.17) is 22.1 Å². The van der Waals surface area contributed by atoms with Crippen LogP contribution in [0.3, 0.4) is 0 Å². The number of carbonyl (C=O) groups excluding carboxylic acids is 1. The lowest BCUT2D eigenvalue weighted by Crippen LogP contribution is -2.29. The average molecular weight is 409 g/mol. The Morgan fingerprint density at radius 1 is 1.11 bits per heavy atom. The maximum absolute atomic E-state index is 12.6. The second-order valence-electron chi connectivity index (χ2n) is 6.69. The van der Waals surface area contributed by atoms with Crippen LogP contribution in [0.5, 0.6) is 5.75 Å². The molecule has 0 unspecified atom stereocenters. The first-order valence-corrected chi connectivity index (χ1v) is 9.47. The Labute approximate surface area is 172 Å². The van der Waals surface area contributed by atoms with Crippen molar-refractivity contribution in [3.63, 3.8) is 0 Å². The van der Waals surface area contributed by atoms with Crippen LogP contribution in [0.15, 0.2) is 54.6 Å². The lowest BCUT2D eigenvalue weighted by molar-refractivity contribution is -0.130. The highest BCUT2D eigenvalue weighted by Gasteiger charge is 2.34. The van der Waals surface area contributed by atoms with Gasteiger partial charge < -0.3 is 15.4 Å². The molecule has 0 aliphatic carbocycles. The van der Waals surface area contributed by atoms with Crippen LogP contribution in [0.4, 0.5) is 0 Å². The fourth-order valence-electron chi connectivity index (χ4n) is 3.52. The van der Waals surface area contributed by atoms with Gasteiger partial charge in [-0.25, -0.2) is 0 Å². The first kappa shape index (κ1) is 21.5. The molecule has 2 aromatic rings. The third-order valence-corrected chi connectivity index (χ3v) is 5.27. The van der Waals surface area contributed by atoms with Crippen LogP contribution in [-0.2, 0) is 4.79 Å². The number of benzene rings is 2. The minimum Gasteiger partial charge on any atom is -0.492 e. The zero-order valence-electron chi connectivity index (χ0n) is 15.2. The molecule has 1 amide bonds. The Morgan fingerprint density at radius 3 is 2.52 bits per heavy atom. The van der Waals surface area contributed by atoms with E-state index in [-0.39, 0.29) is 18.3 Å². The van der Waals surface area contributed by atoms with Crippen molar-refractivity contribution in [3.8, 4) is 5.75 Å². The maximum Gasteiger partial charge on any atom is 0.222 e.